The van der Waals surface area contributed by atoms with Gasteiger partial charge in [-0.15, -0.1) is 0 Å². The van der Waals surface area contributed by atoms with Crippen LogP contribution in [-0.4, -0.2) is 31.3 Å². The number of hydrogen-bond donors (Lipinski definition) is 2. The van der Waals surface area contributed by atoms with E-state index in [0.717, 1.165) is 22.4 Å². The maximum absolute atomic E-state index is 11.0. The lowest BCUT2D eigenvalue weighted by Crippen LogP contribution is -2.28. The molecule has 100 valence electrons. The number of methoxy groups -OCH3 is 1. The fourth-order valence-electron chi connectivity index (χ4n) is 2.07. The van der Waals surface area contributed by atoms with E-state index in [1.54, 1.807) is 7.11 Å². The molecule has 0 spiro atoms. The highest BCUT2D eigenvalue weighted by molar-refractivity contribution is 5.76. The van der Waals surface area contributed by atoms with Crippen molar-refractivity contribution in [2.45, 2.75) is 27.2 Å². The van der Waals surface area contributed by atoms with Gasteiger partial charge in [0.1, 0.15) is 12.4 Å². The number of aliphatic hydroxyl groups is 1. The van der Waals surface area contributed by atoms with Gasteiger partial charge < -0.3 is 15.2 Å². The Morgan fingerprint density at radius 2 is 2.00 bits per heavy atom. The Labute approximate surface area is 108 Å². The number of ether oxygens (including phenoxy) is 1. The van der Waals surface area contributed by atoms with E-state index in [2.05, 4.69) is 18.3 Å². The second-order valence-corrected chi connectivity index (χ2v) is 4.41. The van der Waals surface area contributed by atoms with Crippen LogP contribution in [0.2, 0.25) is 0 Å². The summed E-state index contributed by atoms with van der Waals surface area (Å²) in [5.74, 6) is 0.543. The van der Waals surface area contributed by atoms with Crippen molar-refractivity contribution in [1.82, 2.24) is 5.32 Å². The average Bonchev–Trinajstić information content (AvgIpc) is 2.35. The zero-order valence-electron chi connectivity index (χ0n) is 11.5. The van der Waals surface area contributed by atoms with Gasteiger partial charge in [-0.05, 0) is 49.4 Å². The van der Waals surface area contributed by atoms with Crippen molar-refractivity contribution in [3.8, 4) is 5.75 Å². The van der Waals surface area contributed by atoms with Gasteiger partial charge in [0.05, 0.1) is 7.11 Å². The molecule has 0 aliphatic rings. The van der Waals surface area contributed by atoms with Crippen LogP contribution in [0, 0.1) is 20.8 Å². The molecule has 2 N–H and O–H groups in total. The lowest BCUT2D eigenvalue weighted by atomic mass is 9.97. The summed E-state index contributed by atoms with van der Waals surface area (Å²) in [6.07, 6.45) is 0.696. The molecular weight excluding hydrogens is 230 g/mol. The van der Waals surface area contributed by atoms with Crippen LogP contribution in [-0.2, 0) is 11.2 Å². The fourth-order valence-corrected chi connectivity index (χ4v) is 2.07. The van der Waals surface area contributed by atoms with Gasteiger partial charge >= 0.3 is 0 Å². The third-order valence-electron chi connectivity index (χ3n) is 3.16. The van der Waals surface area contributed by atoms with Crippen LogP contribution < -0.4 is 10.1 Å². The predicted octanol–water partition coefficient (Wildman–Crippen LogP) is 1.27. The lowest BCUT2D eigenvalue weighted by molar-refractivity contribution is -0.123. The number of amides is 1. The molecule has 0 bridgehead atoms. The van der Waals surface area contributed by atoms with Gasteiger partial charge in [-0.1, -0.05) is 6.07 Å². The molecule has 4 nitrogen and oxygen atoms in total. The summed E-state index contributed by atoms with van der Waals surface area (Å²) in [4.78, 5) is 11.0. The van der Waals surface area contributed by atoms with Gasteiger partial charge in [-0.3, -0.25) is 4.79 Å². The minimum Gasteiger partial charge on any atom is -0.496 e. The summed E-state index contributed by atoms with van der Waals surface area (Å²) >= 11 is 0. The van der Waals surface area contributed by atoms with Crippen LogP contribution in [0.4, 0.5) is 0 Å². The van der Waals surface area contributed by atoms with Gasteiger partial charge in [0.25, 0.3) is 0 Å². The molecule has 0 saturated carbocycles. The summed E-state index contributed by atoms with van der Waals surface area (Å²) in [5, 5.41) is 11.3. The molecule has 0 heterocycles. The Morgan fingerprint density at radius 3 is 2.56 bits per heavy atom. The predicted molar refractivity (Wildman–Crippen MR) is 71.0 cm³/mol. The highest BCUT2D eigenvalue weighted by Crippen LogP contribution is 2.29. The Morgan fingerprint density at radius 1 is 1.33 bits per heavy atom. The Bertz CT molecular complexity index is 441. The van der Waals surface area contributed by atoms with E-state index in [0.29, 0.717) is 13.0 Å². The number of rotatable bonds is 5. The van der Waals surface area contributed by atoms with E-state index < -0.39 is 6.61 Å². The summed E-state index contributed by atoms with van der Waals surface area (Å²) < 4.78 is 5.46. The fraction of sp³-hybridized carbons (Fsp3) is 0.500. The van der Waals surface area contributed by atoms with E-state index in [1.165, 1.54) is 5.56 Å². The van der Waals surface area contributed by atoms with Crippen molar-refractivity contribution in [2.75, 3.05) is 20.3 Å². The summed E-state index contributed by atoms with van der Waals surface area (Å²) in [5.41, 5.74) is 4.60. The molecule has 1 rings (SSSR count). The molecule has 1 aromatic carbocycles. The molecule has 4 heteroatoms. The lowest BCUT2D eigenvalue weighted by Gasteiger charge is -2.16. The molecule has 0 unspecified atom stereocenters. The van der Waals surface area contributed by atoms with E-state index in [9.17, 15) is 4.79 Å². The van der Waals surface area contributed by atoms with Crippen LogP contribution in [0.5, 0.6) is 5.75 Å². The van der Waals surface area contributed by atoms with Crippen LogP contribution in [0.1, 0.15) is 22.3 Å². The number of hydrogen-bond acceptors (Lipinski definition) is 3. The second-order valence-electron chi connectivity index (χ2n) is 4.41. The Hall–Kier alpha value is -1.55. The normalized spacial score (nSPS) is 10.3. The van der Waals surface area contributed by atoms with E-state index in [-0.39, 0.29) is 5.91 Å². The van der Waals surface area contributed by atoms with Crippen LogP contribution >= 0.6 is 0 Å². The monoisotopic (exact) mass is 251 g/mol. The quantitative estimate of drug-likeness (QED) is 0.828. The average molecular weight is 251 g/mol. The van der Waals surface area contributed by atoms with Crippen molar-refractivity contribution >= 4 is 5.91 Å². The highest BCUT2D eigenvalue weighted by atomic mass is 16.5. The molecule has 0 fully saturated rings. The number of carbonyl (C=O) groups is 1. The van der Waals surface area contributed by atoms with Crippen molar-refractivity contribution in [1.29, 1.82) is 0 Å². The highest BCUT2D eigenvalue weighted by Gasteiger charge is 2.12. The van der Waals surface area contributed by atoms with Crippen LogP contribution in [0.15, 0.2) is 6.07 Å². The van der Waals surface area contributed by atoms with Gasteiger partial charge in [0.15, 0.2) is 0 Å². The minimum atomic E-state index is -0.469. The largest absolute Gasteiger partial charge is 0.496 e. The molecule has 0 aliphatic carbocycles. The molecular formula is C14H21NO3. The molecule has 0 atom stereocenters. The van der Waals surface area contributed by atoms with E-state index in [4.69, 9.17) is 9.84 Å². The van der Waals surface area contributed by atoms with Crippen molar-refractivity contribution in [3.63, 3.8) is 0 Å². The Balaban J connectivity index is 2.88. The molecule has 0 aliphatic heterocycles. The number of benzene rings is 1. The van der Waals surface area contributed by atoms with Gasteiger partial charge in [0, 0.05) is 6.54 Å². The van der Waals surface area contributed by atoms with Crippen molar-refractivity contribution < 1.29 is 14.6 Å². The van der Waals surface area contributed by atoms with Crippen molar-refractivity contribution in [2.24, 2.45) is 0 Å². The SMILES string of the molecule is COc1c(C)c(C)cc(C)c1CCNC(=O)CO. The van der Waals surface area contributed by atoms with Crippen molar-refractivity contribution in [3.05, 3.63) is 28.3 Å². The third-order valence-corrected chi connectivity index (χ3v) is 3.16. The molecule has 0 radical (unpaired) electrons. The maximum atomic E-state index is 11.0. The molecule has 0 aromatic heterocycles. The van der Waals surface area contributed by atoms with Gasteiger partial charge in [0.2, 0.25) is 5.91 Å². The first kappa shape index (κ1) is 14.5. The number of aryl methyl sites for hydroxylation is 2. The molecule has 18 heavy (non-hydrogen) atoms. The molecule has 1 amide bonds. The topological polar surface area (TPSA) is 58.6 Å². The Kier molecular flexibility index (Phi) is 5.16. The minimum absolute atomic E-state index is 0.351. The van der Waals surface area contributed by atoms with Crippen LogP contribution in [0.25, 0.3) is 0 Å². The second kappa shape index (κ2) is 6.40. The first-order chi connectivity index (χ1) is 8.51. The van der Waals surface area contributed by atoms with Gasteiger partial charge in [-0.25, -0.2) is 0 Å². The number of nitrogens with one attached hydrogen (secondary N) is 1. The number of aliphatic hydroxyl groups excluding tert-OH is 1. The van der Waals surface area contributed by atoms with E-state index >= 15 is 0 Å². The van der Waals surface area contributed by atoms with E-state index in [1.807, 2.05) is 13.8 Å². The summed E-state index contributed by atoms with van der Waals surface area (Å²) in [6, 6.07) is 2.13. The maximum Gasteiger partial charge on any atom is 0.245 e. The molecule has 1 aromatic rings. The summed E-state index contributed by atoms with van der Waals surface area (Å²) in [7, 11) is 1.66. The zero-order valence-corrected chi connectivity index (χ0v) is 11.5. The third kappa shape index (κ3) is 3.23. The molecule has 0 saturated heterocycles. The van der Waals surface area contributed by atoms with Crippen LogP contribution in [0.3, 0.4) is 0 Å². The standard InChI is InChI=1S/C14H21NO3/c1-9-7-10(2)12(14(18-4)11(9)3)5-6-15-13(17)8-16/h7,16H,5-6,8H2,1-4H3,(H,15,17). The smallest absolute Gasteiger partial charge is 0.245 e. The first-order valence-corrected chi connectivity index (χ1v) is 6.02. The summed E-state index contributed by atoms with van der Waals surface area (Å²) in [6.45, 7) is 6.16. The van der Waals surface area contributed by atoms with Gasteiger partial charge in [-0.2, -0.15) is 0 Å². The zero-order chi connectivity index (χ0) is 13.7. The first-order valence-electron chi connectivity index (χ1n) is 6.02. The number of carbonyl (C=O) groups excluding carboxylic acids is 1.